The smallest absolute Gasteiger partial charge is 0.182 e. The molecule has 19 heavy (non-hydrogen) atoms. The molecule has 1 saturated heterocycles. The minimum atomic E-state index is -0.806. The third-order valence-corrected chi connectivity index (χ3v) is 3.96. The summed E-state index contributed by atoms with van der Waals surface area (Å²) in [5, 5.41) is 9.36. The Balaban J connectivity index is 1.91. The van der Waals surface area contributed by atoms with Crippen molar-refractivity contribution in [3.05, 3.63) is 35.4 Å². The van der Waals surface area contributed by atoms with Crippen molar-refractivity contribution in [2.75, 3.05) is 0 Å². The first-order valence-corrected chi connectivity index (χ1v) is 6.36. The number of hydrogen-bond donors (Lipinski definition) is 1. The SMILES string of the molecule is O=C1CC[C@@H](C2OC2O)[C@H](c2cc(F)cc(F)c2)C1. The van der Waals surface area contributed by atoms with Crippen LogP contribution in [0.3, 0.4) is 0 Å². The Morgan fingerprint density at radius 1 is 1.21 bits per heavy atom. The molecule has 2 aliphatic rings. The molecule has 0 spiro atoms. The Labute approximate surface area is 109 Å². The molecule has 1 saturated carbocycles. The molecule has 1 aliphatic carbocycles. The van der Waals surface area contributed by atoms with Crippen molar-refractivity contribution in [2.45, 2.75) is 37.6 Å². The number of benzene rings is 1. The molecule has 0 amide bonds. The molecule has 0 aromatic heterocycles. The summed E-state index contributed by atoms with van der Waals surface area (Å²) in [7, 11) is 0. The second-order valence-corrected chi connectivity index (χ2v) is 5.25. The zero-order chi connectivity index (χ0) is 13.6. The highest BCUT2D eigenvalue weighted by Crippen LogP contribution is 2.44. The van der Waals surface area contributed by atoms with E-state index in [2.05, 4.69) is 0 Å². The molecule has 102 valence electrons. The number of carbonyl (C=O) groups excluding carboxylic acids is 1. The summed E-state index contributed by atoms with van der Waals surface area (Å²) >= 11 is 0. The number of ether oxygens (including phenoxy) is 1. The van der Waals surface area contributed by atoms with Crippen LogP contribution in [0.15, 0.2) is 18.2 Å². The highest BCUT2D eigenvalue weighted by Gasteiger charge is 2.48. The average Bonchev–Trinajstić information content (AvgIpc) is 3.05. The van der Waals surface area contributed by atoms with Crippen LogP contribution < -0.4 is 0 Å². The Bertz CT molecular complexity index is 497. The van der Waals surface area contributed by atoms with Crippen LogP contribution in [0.4, 0.5) is 8.78 Å². The van der Waals surface area contributed by atoms with E-state index in [0.29, 0.717) is 18.4 Å². The summed E-state index contributed by atoms with van der Waals surface area (Å²) in [5.74, 6) is -1.56. The average molecular weight is 268 g/mol. The van der Waals surface area contributed by atoms with Crippen LogP contribution in [0.1, 0.15) is 30.7 Å². The molecule has 1 aromatic rings. The number of halogens is 2. The van der Waals surface area contributed by atoms with E-state index >= 15 is 0 Å². The standard InChI is InChI=1S/C14H14F2O3/c15-8-3-7(4-9(16)5-8)12-6-10(17)1-2-11(12)13-14(18)19-13/h3-5,11-14,18H,1-2,6H2/t11-,12+,13?,14?/m1/s1. The van der Waals surface area contributed by atoms with E-state index in [1.807, 2.05) is 0 Å². The number of carbonyl (C=O) groups is 1. The molecule has 1 aliphatic heterocycles. The van der Waals surface area contributed by atoms with Crippen molar-refractivity contribution in [3.8, 4) is 0 Å². The molecule has 1 aromatic carbocycles. The first-order chi connectivity index (χ1) is 9.04. The Hall–Kier alpha value is -1.33. The van der Waals surface area contributed by atoms with Gasteiger partial charge in [0, 0.05) is 18.9 Å². The third kappa shape index (κ3) is 2.53. The van der Waals surface area contributed by atoms with Gasteiger partial charge in [-0.3, -0.25) is 4.79 Å². The van der Waals surface area contributed by atoms with Gasteiger partial charge >= 0.3 is 0 Å². The summed E-state index contributed by atoms with van der Waals surface area (Å²) < 4.78 is 31.7. The van der Waals surface area contributed by atoms with Crippen molar-refractivity contribution in [2.24, 2.45) is 5.92 Å². The lowest BCUT2D eigenvalue weighted by molar-refractivity contribution is -0.121. The fourth-order valence-corrected chi connectivity index (χ4v) is 3.00. The first kappa shape index (κ1) is 12.7. The Morgan fingerprint density at radius 2 is 1.84 bits per heavy atom. The molecule has 5 heteroatoms. The molecule has 1 heterocycles. The number of Topliss-reactive ketones (excluding diaryl/α,β-unsaturated/α-hetero) is 1. The number of aliphatic hydroxyl groups is 1. The zero-order valence-corrected chi connectivity index (χ0v) is 10.2. The molecular formula is C14H14F2O3. The molecule has 1 N–H and O–H groups in total. The van der Waals surface area contributed by atoms with Gasteiger partial charge in [-0.15, -0.1) is 0 Å². The Kier molecular flexibility index (Phi) is 3.11. The number of hydrogen-bond acceptors (Lipinski definition) is 3. The lowest BCUT2D eigenvalue weighted by Gasteiger charge is -2.30. The van der Waals surface area contributed by atoms with Crippen molar-refractivity contribution in [3.63, 3.8) is 0 Å². The molecule has 3 rings (SSSR count). The van der Waals surface area contributed by atoms with Crippen LogP contribution >= 0.6 is 0 Å². The van der Waals surface area contributed by atoms with Gasteiger partial charge in [0.2, 0.25) is 0 Å². The normalized spacial score (nSPS) is 34.4. The summed E-state index contributed by atoms with van der Waals surface area (Å²) in [6.45, 7) is 0. The second kappa shape index (κ2) is 4.65. The minimum Gasteiger partial charge on any atom is -0.366 e. The van der Waals surface area contributed by atoms with Crippen molar-refractivity contribution in [1.82, 2.24) is 0 Å². The van der Waals surface area contributed by atoms with Crippen LogP contribution in [0.2, 0.25) is 0 Å². The summed E-state index contributed by atoms with van der Waals surface area (Å²) in [4.78, 5) is 11.6. The minimum absolute atomic E-state index is 0.0612. The molecule has 3 nitrogen and oxygen atoms in total. The van der Waals surface area contributed by atoms with Gasteiger partial charge in [0.05, 0.1) is 0 Å². The van der Waals surface area contributed by atoms with Gasteiger partial charge in [0.25, 0.3) is 0 Å². The second-order valence-electron chi connectivity index (χ2n) is 5.25. The van der Waals surface area contributed by atoms with Gasteiger partial charge in [-0.25, -0.2) is 8.78 Å². The highest BCUT2D eigenvalue weighted by molar-refractivity contribution is 5.80. The predicted octanol–water partition coefficient (Wildman–Crippen LogP) is 2.13. The van der Waals surface area contributed by atoms with Gasteiger partial charge in [0.1, 0.15) is 23.5 Å². The maximum Gasteiger partial charge on any atom is 0.182 e. The quantitative estimate of drug-likeness (QED) is 0.836. The summed E-state index contributed by atoms with van der Waals surface area (Å²) in [5.41, 5.74) is 0.471. The Morgan fingerprint density at radius 3 is 2.42 bits per heavy atom. The first-order valence-electron chi connectivity index (χ1n) is 6.36. The van der Waals surface area contributed by atoms with E-state index in [1.165, 1.54) is 12.1 Å². The molecule has 2 fully saturated rings. The van der Waals surface area contributed by atoms with Crippen molar-refractivity contribution < 1.29 is 23.4 Å². The maximum atomic E-state index is 13.3. The van der Waals surface area contributed by atoms with Crippen LogP contribution in [-0.2, 0) is 9.53 Å². The fraction of sp³-hybridized carbons (Fsp3) is 0.500. The molecule has 0 bridgehead atoms. The van der Waals surface area contributed by atoms with Gasteiger partial charge in [-0.2, -0.15) is 0 Å². The molecule has 4 atom stereocenters. The summed E-state index contributed by atoms with van der Waals surface area (Å²) in [6.07, 6.45) is 0.151. The number of rotatable bonds is 2. The van der Waals surface area contributed by atoms with Crippen LogP contribution in [0.5, 0.6) is 0 Å². The van der Waals surface area contributed by atoms with E-state index in [-0.39, 0.29) is 30.1 Å². The van der Waals surface area contributed by atoms with Crippen LogP contribution in [-0.4, -0.2) is 23.3 Å². The van der Waals surface area contributed by atoms with E-state index in [0.717, 1.165) is 6.07 Å². The van der Waals surface area contributed by atoms with E-state index in [9.17, 15) is 18.7 Å². The van der Waals surface area contributed by atoms with Crippen LogP contribution in [0, 0.1) is 17.6 Å². The van der Waals surface area contributed by atoms with Gasteiger partial charge in [-0.1, -0.05) is 0 Å². The predicted molar refractivity (Wildman–Crippen MR) is 62.3 cm³/mol. The lowest BCUT2D eigenvalue weighted by Crippen LogP contribution is -2.28. The molecule has 2 unspecified atom stereocenters. The van der Waals surface area contributed by atoms with E-state index in [1.54, 1.807) is 0 Å². The fourth-order valence-electron chi connectivity index (χ4n) is 3.00. The number of aliphatic hydroxyl groups excluding tert-OH is 1. The van der Waals surface area contributed by atoms with Gasteiger partial charge in [-0.05, 0) is 36.0 Å². The van der Waals surface area contributed by atoms with E-state index in [4.69, 9.17) is 4.74 Å². The molecular weight excluding hydrogens is 254 g/mol. The van der Waals surface area contributed by atoms with Gasteiger partial charge in [0.15, 0.2) is 6.29 Å². The van der Waals surface area contributed by atoms with E-state index < -0.39 is 17.9 Å². The largest absolute Gasteiger partial charge is 0.366 e. The monoisotopic (exact) mass is 268 g/mol. The lowest BCUT2D eigenvalue weighted by atomic mass is 9.73. The van der Waals surface area contributed by atoms with Crippen molar-refractivity contribution >= 4 is 5.78 Å². The third-order valence-electron chi connectivity index (χ3n) is 3.96. The van der Waals surface area contributed by atoms with Gasteiger partial charge < -0.3 is 9.84 Å². The maximum absolute atomic E-state index is 13.3. The summed E-state index contributed by atoms with van der Waals surface area (Å²) in [6, 6.07) is 3.33. The van der Waals surface area contributed by atoms with Crippen LogP contribution in [0.25, 0.3) is 0 Å². The van der Waals surface area contributed by atoms with Crippen molar-refractivity contribution in [1.29, 1.82) is 0 Å². The number of epoxide rings is 1. The molecule has 0 radical (unpaired) electrons. The highest BCUT2D eigenvalue weighted by atomic mass is 19.1. The topological polar surface area (TPSA) is 49.8 Å². The number of ketones is 1. The zero-order valence-electron chi connectivity index (χ0n) is 10.2.